The van der Waals surface area contributed by atoms with Crippen LogP contribution >= 0.6 is 0 Å². The van der Waals surface area contributed by atoms with Crippen molar-refractivity contribution in [2.45, 2.75) is 24.7 Å². The zero-order chi connectivity index (χ0) is 13.5. The van der Waals surface area contributed by atoms with Gasteiger partial charge in [-0.3, -0.25) is 10.1 Å². The Kier molecular flexibility index (Phi) is 5.77. The Bertz CT molecular complexity index is 325. The molecule has 0 aromatic carbocycles. The molecule has 1 fully saturated rings. The van der Waals surface area contributed by atoms with Gasteiger partial charge in [-0.25, -0.2) is 4.89 Å². The first kappa shape index (κ1) is 14.6. The minimum Gasteiger partial charge on any atom is -0.458 e. The van der Waals surface area contributed by atoms with Crippen molar-refractivity contribution in [1.29, 1.82) is 0 Å². The van der Waals surface area contributed by atoms with Crippen LogP contribution in [-0.4, -0.2) is 36.1 Å². The smallest absolute Gasteiger partial charge is 0.310 e. The van der Waals surface area contributed by atoms with Crippen molar-refractivity contribution in [1.82, 2.24) is 0 Å². The molecule has 1 aliphatic rings. The molecule has 1 N–H and O–H groups in total. The first-order chi connectivity index (χ1) is 8.67. The predicted molar refractivity (Wildman–Crippen MR) is 65.8 cm³/mol. The van der Waals surface area contributed by atoms with Gasteiger partial charge in [-0.05, 0) is 0 Å². The highest BCUT2D eigenvalue weighted by Gasteiger charge is 2.44. The molecular formula is C13H18O5. The fourth-order valence-electron chi connectivity index (χ4n) is 1.96. The van der Waals surface area contributed by atoms with E-state index in [2.05, 4.69) is 24.6 Å². The highest BCUT2D eigenvalue weighted by atomic mass is 17.1. The molecule has 5 heteroatoms. The van der Waals surface area contributed by atoms with E-state index in [-0.39, 0.29) is 25.0 Å². The predicted octanol–water partition coefficient (Wildman–Crippen LogP) is 1.72. The van der Waals surface area contributed by atoms with Crippen LogP contribution in [0, 0.1) is 5.92 Å². The normalized spacial score (nSPS) is 30.7. The van der Waals surface area contributed by atoms with Crippen LogP contribution in [0.25, 0.3) is 0 Å². The average molecular weight is 254 g/mol. The summed E-state index contributed by atoms with van der Waals surface area (Å²) in [5.74, 6) is -0.720. The van der Waals surface area contributed by atoms with Gasteiger partial charge in [-0.15, -0.1) is 19.7 Å². The number of esters is 1. The molecule has 18 heavy (non-hydrogen) atoms. The number of rotatable bonds is 7. The van der Waals surface area contributed by atoms with Crippen molar-refractivity contribution >= 4 is 5.97 Å². The zero-order valence-corrected chi connectivity index (χ0v) is 10.2. The van der Waals surface area contributed by atoms with Crippen molar-refractivity contribution < 1.29 is 24.4 Å². The molecule has 0 saturated carbocycles. The summed E-state index contributed by atoms with van der Waals surface area (Å²) in [6.07, 6.45) is 3.37. The van der Waals surface area contributed by atoms with Crippen LogP contribution in [0.3, 0.4) is 0 Å². The van der Waals surface area contributed by atoms with Crippen LogP contribution in [0.1, 0.15) is 6.42 Å². The Hall–Kier alpha value is -1.43. The first-order valence-corrected chi connectivity index (χ1v) is 5.65. The summed E-state index contributed by atoms with van der Waals surface area (Å²) in [5, 5.41) is 8.58. The summed E-state index contributed by atoms with van der Waals surface area (Å²) in [6, 6.07) is 0. The maximum Gasteiger partial charge on any atom is 0.310 e. The van der Waals surface area contributed by atoms with Crippen molar-refractivity contribution in [2.24, 2.45) is 5.92 Å². The van der Waals surface area contributed by atoms with Crippen molar-refractivity contribution in [2.75, 3.05) is 6.61 Å². The van der Waals surface area contributed by atoms with E-state index in [1.807, 2.05) is 0 Å². The molecule has 0 aromatic rings. The SMILES string of the molecule is C=CCC(=O)OC1C(C=C)OC(C=C)C1COO. The summed E-state index contributed by atoms with van der Waals surface area (Å²) in [5.41, 5.74) is 0. The maximum atomic E-state index is 11.5. The molecule has 0 spiro atoms. The number of carbonyl (C=O) groups is 1. The Morgan fingerprint density at radius 1 is 1.28 bits per heavy atom. The van der Waals surface area contributed by atoms with E-state index in [0.29, 0.717) is 0 Å². The van der Waals surface area contributed by atoms with E-state index < -0.39 is 18.2 Å². The average Bonchev–Trinajstić information content (AvgIpc) is 2.68. The van der Waals surface area contributed by atoms with Gasteiger partial charge in [0.1, 0.15) is 12.2 Å². The lowest BCUT2D eigenvalue weighted by Gasteiger charge is -2.21. The zero-order valence-electron chi connectivity index (χ0n) is 10.2. The first-order valence-electron chi connectivity index (χ1n) is 5.65. The Balaban J connectivity index is 2.79. The second-order valence-corrected chi connectivity index (χ2v) is 3.94. The molecule has 0 bridgehead atoms. The summed E-state index contributed by atoms with van der Waals surface area (Å²) >= 11 is 0. The molecule has 5 nitrogen and oxygen atoms in total. The van der Waals surface area contributed by atoms with E-state index in [0.717, 1.165) is 0 Å². The van der Waals surface area contributed by atoms with E-state index in [4.69, 9.17) is 14.7 Å². The summed E-state index contributed by atoms with van der Waals surface area (Å²) in [4.78, 5) is 15.6. The molecular weight excluding hydrogens is 236 g/mol. The minimum atomic E-state index is -0.551. The third-order valence-electron chi connectivity index (χ3n) is 2.79. The number of hydrogen-bond acceptors (Lipinski definition) is 5. The third kappa shape index (κ3) is 3.29. The van der Waals surface area contributed by atoms with Gasteiger partial charge in [0.25, 0.3) is 0 Å². The van der Waals surface area contributed by atoms with Gasteiger partial charge >= 0.3 is 5.97 Å². The van der Waals surface area contributed by atoms with Crippen LogP contribution in [0.5, 0.6) is 0 Å². The highest BCUT2D eigenvalue weighted by Crippen LogP contribution is 2.31. The fraction of sp³-hybridized carbons (Fsp3) is 0.462. The van der Waals surface area contributed by atoms with Crippen LogP contribution in [0.2, 0.25) is 0 Å². The quantitative estimate of drug-likeness (QED) is 0.324. The highest BCUT2D eigenvalue weighted by molar-refractivity contribution is 5.71. The van der Waals surface area contributed by atoms with Crippen molar-refractivity contribution in [3.63, 3.8) is 0 Å². The molecule has 0 amide bonds. The number of hydrogen-bond donors (Lipinski definition) is 1. The summed E-state index contributed by atoms with van der Waals surface area (Å²) in [7, 11) is 0. The largest absolute Gasteiger partial charge is 0.458 e. The molecule has 1 rings (SSSR count). The topological polar surface area (TPSA) is 65.0 Å². The molecule has 0 radical (unpaired) electrons. The fourth-order valence-corrected chi connectivity index (χ4v) is 1.96. The van der Waals surface area contributed by atoms with Gasteiger partial charge in [-0.2, -0.15) is 0 Å². The monoisotopic (exact) mass is 254 g/mol. The molecule has 0 aromatic heterocycles. The lowest BCUT2D eigenvalue weighted by molar-refractivity contribution is -0.256. The van der Waals surface area contributed by atoms with Crippen molar-refractivity contribution in [3.05, 3.63) is 38.0 Å². The van der Waals surface area contributed by atoms with Crippen LogP contribution < -0.4 is 0 Å². The van der Waals surface area contributed by atoms with Crippen LogP contribution in [0.15, 0.2) is 38.0 Å². The summed E-state index contributed by atoms with van der Waals surface area (Å²) < 4.78 is 10.9. The molecule has 4 unspecified atom stereocenters. The van der Waals surface area contributed by atoms with Gasteiger partial charge in [-0.1, -0.05) is 18.2 Å². The molecule has 1 aliphatic heterocycles. The molecule has 1 heterocycles. The molecule has 0 aliphatic carbocycles. The lowest BCUT2D eigenvalue weighted by atomic mass is 9.96. The van der Waals surface area contributed by atoms with Crippen molar-refractivity contribution in [3.8, 4) is 0 Å². The Morgan fingerprint density at radius 2 is 1.94 bits per heavy atom. The van der Waals surface area contributed by atoms with E-state index >= 15 is 0 Å². The molecule has 1 saturated heterocycles. The molecule has 100 valence electrons. The second kappa shape index (κ2) is 7.10. The lowest BCUT2D eigenvalue weighted by Crippen LogP contribution is -2.34. The van der Waals surface area contributed by atoms with Gasteiger partial charge in [0.15, 0.2) is 0 Å². The van der Waals surface area contributed by atoms with E-state index in [1.54, 1.807) is 12.2 Å². The van der Waals surface area contributed by atoms with E-state index in [9.17, 15) is 4.79 Å². The summed E-state index contributed by atoms with van der Waals surface area (Å²) in [6.45, 7) is 10.7. The second-order valence-electron chi connectivity index (χ2n) is 3.94. The van der Waals surface area contributed by atoms with Crippen LogP contribution in [-0.2, 0) is 19.2 Å². The number of carbonyl (C=O) groups excluding carboxylic acids is 1. The van der Waals surface area contributed by atoms with Gasteiger partial charge < -0.3 is 9.47 Å². The minimum absolute atomic E-state index is 0.00688. The van der Waals surface area contributed by atoms with Gasteiger partial charge in [0.05, 0.1) is 25.0 Å². The van der Waals surface area contributed by atoms with E-state index in [1.165, 1.54) is 6.08 Å². The van der Waals surface area contributed by atoms with Gasteiger partial charge in [0, 0.05) is 0 Å². The Morgan fingerprint density at radius 3 is 2.44 bits per heavy atom. The third-order valence-corrected chi connectivity index (χ3v) is 2.79. The Labute approximate surface area is 106 Å². The number of ether oxygens (including phenoxy) is 2. The molecule has 4 atom stereocenters. The maximum absolute atomic E-state index is 11.5. The van der Waals surface area contributed by atoms with Gasteiger partial charge in [0.2, 0.25) is 0 Å². The standard InChI is InChI=1S/C13H18O5/c1-4-7-12(14)18-13-9(8-16-15)10(5-2)17-11(13)6-3/h4-6,9-11,13,15H,1-3,7-8H2. The van der Waals surface area contributed by atoms with Crippen LogP contribution in [0.4, 0.5) is 0 Å².